The molecule has 2 aromatic carbocycles. The minimum atomic E-state index is -0.364. The van der Waals surface area contributed by atoms with Crippen molar-refractivity contribution in [1.82, 2.24) is 4.98 Å². The van der Waals surface area contributed by atoms with Crippen LogP contribution in [0.25, 0.3) is 15.9 Å². The first-order valence-corrected chi connectivity index (χ1v) is 9.14. The molecule has 0 saturated heterocycles. The number of benzene rings is 2. The van der Waals surface area contributed by atoms with E-state index in [-0.39, 0.29) is 11.4 Å². The third-order valence-corrected chi connectivity index (χ3v) is 4.85. The summed E-state index contributed by atoms with van der Waals surface area (Å²) in [6.07, 6.45) is 4.59. The maximum atomic E-state index is 12.8. The smallest absolute Gasteiger partial charge is 0.205 e. The lowest BCUT2D eigenvalue weighted by Gasteiger charge is -2.02. The van der Waals surface area contributed by atoms with E-state index in [4.69, 9.17) is 16.3 Å². The molecule has 0 radical (unpaired) electrons. The Morgan fingerprint density at radius 3 is 2.63 bits per heavy atom. The molecule has 4 nitrogen and oxygen atoms in total. The highest BCUT2D eigenvalue weighted by Gasteiger charge is 2.16. The average Bonchev–Trinajstić information content (AvgIpc) is 3.11. The van der Waals surface area contributed by atoms with Crippen molar-refractivity contribution < 1.29 is 9.53 Å². The summed E-state index contributed by atoms with van der Waals surface area (Å²) in [4.78, 5) is 15.8. The van der Waals surface area contributed by atoms with E-state index in [1.165, 1.54) is 6.08 Å². The van der Waals surface area contributed by atoms with E-state index >= 15 is 0 Å². The molecule has 134 valence electrons. The Bertz CT molecular complexity index is 1110. The highest BCUT2D eigenvalue weighted by atomic mass is 79.9. The zero-order valence-corrected chi connectivity index (χ0v) is 16.6. The first-order chi connectivity index (χ1) is 13.0. The third kappa shape index (κ3) is 4.13. The van der Waals surface area contributed by atoms with Crippen LogP contribution in [0.15, 0.2) is 70.9 Å². The van der Waals surface area contributed by atoms with Crippen molar-refractivity contribution in [3.05, 3.63) is 82.0 Å². The van der Waals surface area contributed by atoms with E-state index in [9.17, 15) is 10.1 Å². The number of carbonyl (C=O) groups is 1. The predicted molar refractivity (Wildman–Crippen MR) is 111 cm³/mol. The van der Waals surface area contributed by atoms with Crippen molar-refractivity contribution in [2.75, 3.05) is 7.11 Å². The maximum Gasteiger partial charge on any atom is 0.205 e. The van der Waals surface area contributed by atoms with Gasteiger partial charge in [-0.25, -0.2) is 0 Å². The number of halogens is 2. The second-order valence-corrected chi connectivity index (χ2v) is 6.98. The molecular formula is C21H14BrClN2O2. The lowest BCUT2D eigenvalue weighted by Crippen LogP contribution is -2.00. The maximum absolute atomic E-state index is 12.8. The first-order valence-electron chi connectivity index (χ1n) is 7.97. The molecule has 0 fully saturated rings. The Kier molecular flexibility index (Phi) is 5.80. The number of carbonyl (C=O) groups excluding carboxylic acids is 1. The molecule has 0 aliphatic rings. The molecule has 0 bridgehead atoms. The minimum absolute atomic E-state index is 0.00235. The Morgan fingerprint density at radius 2 is 1.96 bits per heavy atom. The number of rotatable bonds is 5. The summed E-state index contributed by atoms with van der Waals surface area (Å²) in [5.74, 6) is 0.356. The molecular weight excluding hydrogens is 428 g/mol. The quantitative estimate of drug-likeness (QED) is 0.234. The third-order valence-electron chi connectivity index (χ3n) is 4.02. The monoisotopic (exact) mass is 440 g/mol. The van der Waals surface area contributed by atoms with Gasteiger partial charge < -0.3 is 9.72 Å². The highest BCUT2D eigenvalue weighted by molar-refractivity contribution is 9.10. The fourth-order valence-corrected chi connectivity index (χ4v) is 3.14. The highest BCUT2D eigenvalue weighted by Crippen LogP contribution is 2.25. The van der Waals surface area contributed by atoms with Crippen LogP contribution in [-0.4, -0.2) is 17.9 Å². The van der Waals surface area contributed by atoms with Crippen molar-refractivity contribution >= 4 is 49.2 Å². The normalized spacial score (nSPS) is 12.1. The summed E-state index contributed by atoms with van der Waals surface area (Å²) in [5, 5.41) is 10.6. The number of aromatic nitrogens is 1. The fraction of sp³-hybridized carbons (Fsp3) is 0.0476. The van der Waals surface area contributed by atoms with Crippen molar-refractivity contribution in [3.63, 3.8) is 0 Å². The van der Waals surface area contributed by atoms with E-state index in [0.29, 0.717) is 10.6 Å². The van der Waals surface area contributed by atoms with Crippen LogP contribution in [0.4, 0.5) is 0 Å². The molecule has 6 heteroatoms. The van der Waals surface area contributed by atoms with Gasteiger partial charge >= 0.3 is 0 Å². The molecule has 3 rings (SSSR count). The fourth-order valence-electron chi connectivity index (χ4n) is 2.59. The minimum Gasteiger partial charge on any atom is -0.497 e. The summed E-state index contributed by atoms with van der Waals surface area (Å²) < 4.78 is 5.97. The number of hydrogen-bond acceptors (Lipinski definition) is 3. The average molecular weight is 442 g/mol. The van der Waals surface area contributed by atoms with Gasteiger partial charge in [0.15, 0.2) is 0 Å². The summed E-state index contributed by atoms with van der Waals surface area (Å²) in [6, 6.07) is 14.7. The largest absolute Gasteiger partial charge is 0.497 e. The van der Waals surface area contributed by atoms with Crippen molar-refractivity contribution in [3.8, 4) is 11.8 Å². The predicted octanol–water partition coefficient (Wildman–Crippen LogP) is 5.85. The topological polar surface area (TPSA) is 65.9 Å². The molecule has 0 unspecified atom stereocenters. The van der Waals surface area contributed by atoms with Gasteiger partial charge in [0.05, 0.1) is 7.11 Å². The van der Waals surface area contributed by atoms with Crippen LogP contribution in [0, 0.1) is 11.3 Å². The van der Waals surface area contributed by atoms with Gasteiger partial charge in [-0.05, 0) is 60.2 Å². The van der Waals surface area contributed by atoms with Crippen molar-refractivity contribution in [1.29, 1.82) is 5.26 Å². The van der Waals surface area contributed by atoms with Gasteiger partial charge in [-0.2, -0.15) is 5.26 Å². The van der Waals surface area contributed by atoms with Crippen LogP contribution in [0.1, 0.15) is 15.9 Å². The van der Waals surface area contributed by atoms with Crippen molar-refractivity contribution in [2.45, 2.75) is 0 Å². The number of aromatic amines is 1. The summed E-state index contributed by atoms with van der Waals surface area (Å²) in [5.41, 5.74) is 2.02. The molecule has 3 aromatic rings. The molecule has 1 aromatic heterocycles. The standard InChI is InChI=1S/C21H14BrClN2O2/c1-27-16-6-2-13(3-7-16)19(23)8-4-14(11-24)21(26)18-12-25-20-9-5-15(22)10-17(18)20/h2-10,12,25H,1H3/b14-4+,19-8-. The van der Waals surface area contributed by atoms with Crippen LogP contribution in [0.5, 0.6) is 5.75 Å². The lowest BCUT2D eigenvalue weighted by atomic mass is 10.0. The first kappa shape index (κ1) is 19.0. The Balaban J connectivity index is 1.91. The Hall–Kier alpha value is -2.81. The van der Waals surface area contributed by atoms with Gasteiger partial charge in [0.2, 0.25) is 5.78 Å². The molecule has 0 aliphatic carbocycles. The molecule has 0 saturated carbocycles. The number of ether oxygens (including phenoxy) is 1. The molecule has 0 atom stereocenters. The number of ketones is 1. The van der Waals surface area contributed by atoms with Gasteiger partial charge in [-0.3, -0.25) is 4.79 Å². The molecule has 0 aliphatic heterocycles. The van der Waals surface area contributed by atoms with E-state index in [0.717, 1.165) is 26.7 Å². The molecule has 27 heavy (non-hydrogen) atoms. The van der Waals surface area contributed by atoms with Crippen LogP contribution < -0.4 is 4.74 Å². The lowest BCUT2D eigenvalue weighted by molar-refractivity contribution is 0.104. The van der Waals surface area contributed by atoms with Gasteiger partial charge in [0.25, 0.3) is 0 Å². The van der Waals surface area contributed by atoms with Gasteiger partial charge in [0, 0.05) is 32.2 Å². The van der Waals surface area contributed by atoms with Crippen LogP contribution in [0.3, 0.4) is 0 Å². The molecule has 0 amide bonds. The second-order valence-electron chi connectivity index (χ2n) is 5.66. The van der Waals surface area contributed by atoms with Crippen LogP contribution >= 0.6 is 27.5 Å². The number of methoxy groups -OCH3 is 1. The van der Waals surface area contributed by atoms with E-state index in [1.54, 1.807) is 43.6 Å². The number of H-pyrrole nitrogens is 1. The number of fused-ring (bicyclic) bond motifs is 1. The SMILES string of the molecule is COc1ccc(/C(Cl)=C/C=C(\C#N)C(=O)c2c[nH]c3ccc(Br)cc23)cc1. The number of Topliss-reactive ketones (excluding diaryl/α,β-unsaturated/α-hetero) is 1. The number of nitriles is 1. The second kappa shape index (κ2) is 8.26. The summed E-state index contributed by atoms with van der Waals surface area (Å²) >= 11 is 9.69. The Labute approximate surface area is 169 Å². The zero-order chi connectivity index (χ0) is 19.4. The van der Waals surface area contributed by atoms with Gasteiger partial charge in [0.1, 0.15) is 17.4 Å². The Morgan fingerprint density at radius 1 is 1.22 bits per heavy atom. The van der Waals surface area contributed by atoms with Gasteiger partial charge in [-0.1, -0.05) is 27.5 Å². The number of hydrogen-bond donors (Lipinski definition) is 1. The van der Waals surface area contributed by atoms with E-state index < -0.39 is 0 Å². The van der Waals surface area contributed by atoms with Crippen LogP contribution in [-0.2, 0) is 0 Å². The van der Waals surface area contributed by atoms with Crippen LogP contribution in [0.2, 0.25) is 0 Å². The number of nitrogens with zero attached hydrogens (tertiary/aromatic N) is 1. The number of allylic oxidation sites excluding steroid dienone is 3. The molecule has 0 spiro atoms. The summed E-state index contributed by atoms with van der Waals surface area (Å²) in [6.45, 7) is 0. The summed E-state index contributed by atoms with van der Waals surface area (Å²) in [7, 11) is 1.59. The molecule has 1 N–H and O–H groups in total. The zero-order valence-electron chi connectivity index (χ0n) is 14.3. The van der Waals surface area contributed by atoms with E-state index in [2.05, 4.69) is 20.9 Å². The van der Waals surface area contributed by atoms with Gasteiger partial charge in [-0.15, -0.1) is 0 Å². The van der Waals surface area contributed by atoms with Crippen molar-refractivity contribution in [2.24, 2.45) is 0 Å². The molecule has 1 heterocycles. The number of nitrogens with one attached hydrogen (secondary N) is 1. The van der Waals surface area contributed by atoms with E-state index in [1.807, 2.05) is 24.3 Å².